The van der Waals surface area contributed by atoms with Crippen molar-refractivity contribution in [3.8, 4) is 11.1 Å². The quantitative estimate of drug-likeness (QED) is 0.323. The van der Waals surface area contributed by atoms with Gasteiger partial charge < -0.3 is 35.0 Å². The largest absolute Gasteiger partial charge is 0.453 e. The van der Waals surface area contributed by atoms with Gasteiger partial charge in [0.1, 0.15) is 5.76 Å². The summed E-state index contributed by atoms with van der Waals surface area (Å²) < 4.78 is 10.3. The van der Waals surface area contributed by atoms with E-state index in [-0.39, 0.29) is 29.8 Å². The fourth-order valence-corrected chi connectivity index (χ4v) is 5.47. The molecule has 1 aliphatic rings. The van der Waals surface area contributed by atoms with Gasteiger partial charge in [-0.05, 0) is 94.6 Å². The molecule has 0 spiro atoms. The molecule has 3 N–H and O–H groups in total. The lowest BCUT2D eigenvalue weighted by molar-refractivity contribution is 0.0879. The second kappa shape index (κ2) is 14.3. The van der Waals surface area contributed by atoms with E-state index in [0.29, 0.717) is 18.0 Å². The van der Waals surface area contributed by atoms with E-state index >= 15 is 0 Å². The summed E-state index contributed by atoms with van der Waals surface area (Å²) in [6, 6.07) is 16.2. The molecule has 2 aromatic carbocycles. The van der Waals surface area contributed by atoms with E-state index in [1.165, 1.54) is 7.11 Å². The normalized spacial score (nSPS) is 16.7. The van der Waals surface area contributed by atoms with Crippen LogP contribution in [0.15, 0.2) is 53.1 Å². The highest BCUT2D eigenvalue weighted by atomic mass is 16.5. The van der Waals surface area contributed by atoms with Gasteiger partial charge in [-0.15, -0.1) is 0 Å². The summed E-state index contributed by atoms with van der Waals surface area (Å²) in [5.41, 5.74) is 10.9. The molecule has 0 bridgehead atoms. The van der Waals surface area contributed by atoms with Gasteiger partial charge in [0.2, 0.25) is 0 Å². The third-order valence-electron chi connectivity index (χ3n) is 7.82. The second-order valence-electron chi connectivity index (χ2n) is 11.5. The van der Waals surface area contributed by atoms with Crippen molar-refractivity contribution in [1.29, 1.82) is 0 Å². The zero-order valence-electron chi connectivity index (χ0n) is 25.4. The van der Waals surface area contributed by atoms with Gasteiger partial charge in [-0.1, -0.05) is 29.4 Å². The fourth-order valence-electron chi connectivity index (χ4n) is 5.47. The van der Waals surface area contributed by atoms with Crippen molar-refractivity contribution in [3.05, 3.63) is 65.5 Å². The SMILES string of the molecule is COC(=O)N(Cc1cccc(-c2ccc(N(C)CCCN(C)C)c(NC(=O)c3cc(C)on3)c2)c1)C1CCC(N)CC1. The minimum atomic E-state index is -0.332. The summed E-state index contributed by atoms with van der Waals surface area (Å²) >= 11 is 0. The van der Waals surface area contributed by atoms with Crippen LogP contribution in [0.5, 0.6) is 0 Å². The Balaban J connectivity index is 1.60. The van der Waals surface area contributed by atoms with Crippen molar-refractivity contribution < 1.29 is 18.8 Å². The number of hydrogen-bond donors (Lipinski definition) is 2. The molecular formula is C32H44N6O4. The Morgan fingerprint density at radius 2 is 1.76 bits per heavy atom. The Morgan fingerprint density at radius 1 is 1.02 bits per heavy atom. The number of methoxy groups -OCH3 is 1. The van der Waals surface area contributed by atoms with Crippen molar-refractivity contribution in [2.75, 3.05) is 51.6 Å². The lowest BCUT2D eigenvalue weighted by Crippen LogP contribution is -2.43. The topological polar surface area (TPSA) is 117 Å². The molecule has 1 aliphatic carbocycles. The number of amides is 2. The third-order valence-corrected chi connectivity index (χ3v) is 7.82. The molecule has 10 nitrogen and oxygen atoms in total. The van der Waals surface area contributed by atoms with Gasteiger partial charge in [0.25, 0.3) is 5.91 Å². The number of carbonyl (C=O) groups excluding carboxylic acids is 2. The summed E-state index contributed by atoms with van der Waals surface area (Å²) in [6.07, 6.45) is 4.19. The molecule has 1 saturated carbocycles. The number of hydrogen-bond acceptors (Lipinski definition) is 8. The molecule has 1 fully saturated rings. The highest BCUT2D eigenvalue weighted by molar-refractivity contribution is 6.05. The lowest BCUT2D eigenvalue weighted by atomic mass is 9.90. The van der Waals surface area contributed by atoms with Gasteiger partial charge in [0.05, 0.1) is 18.5 Å². The number of ether oxygens (including phenoxy) is 1. The summed E-state index contributed by atoms with van der Waals surface area (Å²) in [5.74, 6) is 0.241. The van der Waals surface area contributed by atoms with Crippen LogP contribution in [0.4, 0.5) is 16.2 Å². The predicted molar refractivity (Wildman–Crippen MR) is 166 cm³/mol. The molecule has 0 unspecified atom stereocenters. The Morgan fingerprint density at radius 3 is 2.43 bits per heavy atom. The molecule has 10 heteroatoms. The first kappa shape index (κ1) is 31.1. The standard InChI is InChI=1S/C32H44N6O4/c1-22-18-29(35-42-22)31(39)34-28-20-25(10-15-30(28)37(4)17-7-16-36(2)3)24-9-6-8-23(19-24)21-38(32(40)41-5)27-13-11-26(33)12-14-27/h6,8-10,15,18-20,26-27H,7,11-14,16-17,21,33H2,1-5H3,(H,34,39). The summed E-state index contributed by atoms with van der Waals surface area (Å²) in [5, 5.41) is 6.94. The van der Waals surface area contributed by atoms with Gasteiger partial charge in [-0.25, -0.2) is 4.79 Å². The van der Waals surface area contributed by atoms with Crippen LogP contribution in [-0.2, 0) is 11.3 Å². The van der Waals surface area contributed by atoms with E-state index in [4.69, 9.17) is 15.0 Å². The third kappa shape index (κ3) is 8.10. The van der Waals surface area contributed by atoms with Crippen LogP contribution in [0.3, 0.4) is 0 Å². The summed E-state index contributed by atoms with van der Waals surface area (Å²) in [7, 11) is 7.57. The smallest absolute Gasteiger partial charge is 0.410 e. The molecule has 3 aromatic rings. The molecule has 226 valence electrons. The lowest BCUT2D eigenvalue weighted by Gasteiger charge is -2.35. The minimum Gasteiger partial charge on any atom is -0.453 e. The maximum atomic E-state index is 13.1. The highest BCUT2D eigenvalue weighted by Crippen LogP contribution is 2.33. The van der Waals surface area contributed by atoms with E-state index < -0.39 is 0 Å². The molecule has 0 radical (unpaired) electrons. The molecule has 2 amide bonds. The number of aromatic nitrogens is 1. The molecule has 0 atom stereocenters. The number of anilines is 2. The first-order valence-corrected chi connectivity index (χ1v) is 14.6. The number of rotatable bonds is 11. The van der Waals surface area contributed by atoms with Crippen LogP contribution in [0.25, 0.3) is 11.1 Å². The number of nitrogens with zero attached hydrogens (tertiary/aromatic N) is 4. The average Bonchev–Trinajstić information content (AvgIpc) is 3.42. The Labute approximate surface area is 248 Å². The fraction of sp³-hybridized carbons (Fsp3) is 0.469. The summed E-state index contributed by atoms with van der Waals surface area (Å²) in [4.78, 5) is 31.9. The molecule has 0 aliphatic heterocycles. The van der Waals surface area contributed by atoms with Gasteiger partial charge >= 0.3 is 6.09 Å². The van der Waals surface area contributed by atoms with E-state index in [9.17, 15) is 9.59 Å². The van der Waals surface area contributed by atoms with Gasteiger partial charge in [0, 0.05) is 38.3 Å². The summed E-state index contributed by atoms with van der Waals surface area (Å²) in [6.45, 7) is 3.99. The number of nitrogens with two attached hydrogens (primary N) is 1. The van der Waals surface area contributed by atoms with Crippen molar-refractivity contribution in [2.24, 2.45) is 5.73 Å². The maximum Gasteiger partial charge on any atom is 0.410 e. The Bertz CT molecular complexity index is 1350. The van der Waals surface area contributed by atoms with Crippen LogP contribution in [0.2, 0.25) is 0 Å². The van der Waals surface area contributed by atoms with Crippen LogP contribution in [0, 0.1) is 6.92 Å². The Hall–Kier alpha value is -3.89. The van der Waals surface area contributed by atoms with Crippen molar-refractivity contribution in [2.45, 2.75) is 57.7 Å². The molecule has 1 aromatic heterocycles. The first-order valence-electron chi connectivity index (χ1n) is 14.6. The van der Waals surface area contributed by atoms with Gasteiger partial charge in [-0.3, -0.25) is 4.79 Å². The van der Waals surface area contributed by atoms with Crippen molar-refractivity contribution in [1.82, 2.24) is 15.0 Å². The van der Waals surface area contributed by atoms with E-state index in [1.54, 1.807) is 13.0 Å². The van der Waals surface area contributed by atoms with Crippen molar-refractivity contribution in [3.63, 3.8) is 0 Å². The van der Waals surface area contributed by atoms with Gasteiger partial charge in [-0.2, -0.15) is 0 Å². The van der Waals surface area contributed by atoms with Crippen LogP contribution >= 0.6 is 0 Å². The van der Waals surface area contributed by atoms with Crippen LogP contribution in [0.1, 0.15) is 53.9 Å². The van der Waals surface area contributed by atoms with Gasteiger partial charge in [0.15, 0.2) is 5.69 Å². The molecule has 4 rings (SSSR count). The maximum absolute atomic E-state index is 13.1. The zero-order valence-corrected chi connectivity index (χ0v) is 25.4. The monoisotopic (exact) mass is 576 g/mol. The first-order chi connectivity index (χ1) is 20.1. The van der Waals surface area contributed by atoms with E-state index in [2.05, 4.69) is 46.5 Å². The Kier molecular flexibility index (Phi) is 10.6. The number of nitrogens with one attached hydrogen (secondary N) is 1. The second-order valence-corrected chi connectivity index (χ2v) is 11.5. The molecular weight excluding hydrogens is 532 g/mol. The zero-order chi connectivity index (χ0) is 30.2. The highest BCUT2D eigenvalue weighted by Gasteiger charge is 2.28. The predicted octanol–water partition coefficient (Wildman–Crippen LogP) is 5.13. The average molecular weight is 577 g/mol. The van der Waals surface area contributed by atoms with E-state index in [0.717, 1.165) is 67.6 Å². The van der Waals surface area contributed by atoms with Crippen molar-refractivity contribution >= 4 is 23.4 Å². The van der Waals surface area contributed by atoms with Crippen LogP contribution in [-0.4, -0.2) is 80.4 Å². The minimum absolute atomic E-state index is 0.102. The van der Waals surface area contributed by atoms with Crippen LogP contribution < -0.4 is 16.0 Å². The van der Waals surface area contributed by atoms with E-state index in [1.807, 2.05) is 42.3 Å². The number of benzene rings is 2. The molecule has 1 heterocycles. The number of aryl methyl sites for hydroxylation is 1. The number of carbonyl (C=O) groups is 2. The molecule has 0 saturated heterocycles. The molecule has 42 heavy (non-hydrogen) atoms.